The topological polar surface area (TPSA) is 44.8 Å². The van der Waals surface area contributed by atoms with E-state index >= 15 is 0 Å². The fraction of sp³-hybridized carbons (Fsp3) is 0.400. The van der Waals surface area contributed by atoms with Crippen LogP contribution in [0.25, 0.3) is 0 Å². The van der Waals surface area contributed by atoms with Crippen LogP contribution in [0.5, 0.6) is 5.75 Å². The van der Waals surface area contributed by atoms with E-state index in [1.165, 1.54) is 6.26 Å². The van der Waals surface area contributed by atoms with E-state index in [4.69, 9.17) is 14.2 Å². The Morgan fingerprint density at radius 1 is 1.03 bits per heavy atom. The average Bonchev–Trinajstić information content (AvgIpc) is 2.75. The minimum Gasteiger partial charge on any atom is -0.493 e. The first-order valence-electron chi connectivity index (χ1n) is 10.4. The predicted octanol–water partition coefficient (Wildman–Crippen LogP) is 5.38. The highest BCUT2D eigenvalue weighted by molar-refractivity contribution is 5.96. The summed E-state index contributed by atoms with van der Waals surface area (Å²) < 4.78 is 18.0. The van der Waals surface area contributed by atoms with E-state index in [-0.39, 0.29) is 23.9 Å². The number of Topliss-reactive ketones (excluding diaryl/α,β-unsaturated/α-hetero) is 1. The Morgan fingerprint density at radius 3 is 2.59 bits per heavy atom. The lowest BCUT2D eigenvalue weighted by atomic mass is 9.80. The highest BCUT2D eigenvalue weighted by Gasteiger charge is 2.41. The molecule has 0 amide bonds. The number of carbonyl (C=O) groups is 1. The molecule has 1 saturated carbocycles. The smallest absolute Gasteiger partial charge is 0.207 e. The average molecular weight is 392 g/mol. The number of ketones is 1. The van der Waals surface area contributed by atoms with Crippen molar-refractivity contribution < 1.29 is 19.0 Å². The summed E-state index contributed by atoms with van der Waals surface area (Å²) in [4.78, 5) is 13.0. The van der Waals surface area contributed by atoms with E-state index in [0.29, 0.717) is 18.3 Å². The zero-order chi connectivity index (χ0) is 20.2. The number of hydrogen-bond donors (Lipinski definition) is 0. The van der Waals surface area contributed by atoms with E-state index in [2.05, 4.69) is 26.0 Å². The summed E-state index contributed by atoms with van der Waals surface area (Å²) in [5, 5.41) is 0. The Kier molecular flexibility index (Phi) is 6.00. The van der Waals surface area contributed by atoms with Gasteiger partial charge in [0.15, 0.2) is 0 Å². The number of para-hydroxylation sites is 1. The SMILES string of the molecule is CC(C)c1ccccc1OC1=COC2CC(OCc3ccccc3)CCC2C1=O. The minimum absolute atomic E-state index is 0.0429. The van der Waals surface area contributed by atoms with Gasteiger partial charge >= 0.3 is 0 Å². The van der Waals surface area contributed by atoms with E-state index in [0.717, 1.165) is 36.1 Å². The van der Waals surface area contributed by atoms with Gasteiger partial charge in [-0.3, -0.25) is 4.79 Å². The van der Waals surface area contributed by atoms with Crippen LogP contribution < -0.4 is 4.74 Å². The molecule has 1 heterocycles. The maximum Gasteiger partial charge on any atom is 0.207 e. The Labute approximate surface area is 172 Å². The molecule has 0 spiro atoms. The van der Waals surface area contributed by atoms with Gasteiger partial charge < -0.3 is 14.2 Å². The zero-order valence-electron chi connectivity index (χ0n) is 17.0. The molecule has 0 bridgehead atoms. The molecule has 0 aromatic heterocycles. The Hall–Kier alpha value is -2.59. The first kappa shape index (κ1) is 19.7. The number of ether oxygens (including phenoxy) is 3. The maximum absolute atomic E-state index is 13.0. The monoisotopic (exact) mass is 392 g/mol. The van der Waals surface area contributed by atoms with Gasteiger partial charge in [0.05, 0.1) is 18.6 Å². The van der Waals surface area contributed by atoms with Crippen molar-refractivity contribution in [2.75, 3.05) is 0 Å². The van der Waals surface area contributed by atoms with Crippen molar-refractivity contribution in [3.05, 3.63) is 77.7 Å². The van der Waals surface area contributed by atoms with Crippen LogP contribution in [0.15, 0.2) is 66.6 Å². The number of fused-ring (bicyclic) bond motifs is 1. The normalized spacial score (nSPS) is 23.9. The zero-order valence-corrected chi connectivity index (χ0v) is 17.0. The lowest BCUT2D eigenvalue weighted by molar-refractivity contribution is -0.134. The van der Waals surface area contributed by atoms with Gasteiger partial charge in [-0.05, 0) is 36.0 Å². The molecule has 3 atom stereocenters. The van der Waals surface area contributed by atoms with Crippen LogP contribution in [0.4, 0.5) is 0 Å². The Balaban J connectivity index is 1.39. The molecule has 1 aliphatic carbocycles. The first-order chi connectivity index (χ1) is 14.1. The fourth-order valence-electron chi connectivity index (χ4n) is 4.12. The molecule has 0 radical (unpaired) electrons. The van der Waals surface area contributed by atoms with E-state index < -0.39 is 0 Å². The van der Waals surface area contributed by atoms with Crippen LogP contribution in [-0.4, -0.2) is 18.0 Å². The first-order valence-corrected chi connectivity index (χ1v) is 10.4. The molecule has 0 saturated heterocycles. The summed E-state index contributed by atoms with van der Waals surface area (Å²) in [5.74, 6) is 1.24. The Morgan fingerprint density at radius 2 is 1.79 bits per heavy atom. The second kappa shape index (κ2) is 8.83. The molecule has 4 rings (SSSR count). The molecule has 2 aliphatic rings. The third kappa shape index (κ3) is 4.54. The third-order valence-corrected chi connectivity index (χ3v) is 5.76. The van der Waals surface area contributed by atoms with Gasteiger partial charge in [-0.25, -0.2) is 0 Å². The largest absolute Gasteiger partial charge is 0.493 e. The van der Waals surface area contributed by atoms with Crippen molar-refractivity contribution in [1.82, 2.24) is 0 Å². The fourth-order valence-corrected chi connectivity index (χ4v) is 4.12. The lowest BCUT2D eigenvalue weighted by Crippen LogP contribution is -2.42. The molecule has 3 unspecified atom stereocenters. The van der Waals surface area contributed by atoms with E-state index in [9.17, 15) is 4.79 Å². The van der Waals surface area contributed by atoms with Crippen LogP contribution in [0.3, 0.4) is 0 Å². The van der Waals surface area contributed by atoms with Gasteiger partial charge in [0.1, 0.15) is 18.1 Å². The number of hydrogen-bond acceptors (Lipinski definition) is 4. The molecule has 4 heteroatoms. The van der Waals surface area contributed by atoms with Gasteiger partial charge in [-0.1, -0.05) is 62.4 Å². The highest BCUT2D eigenvalue weighted by atomic mass is 16.5. The quantitative estimate of drug-likeness (QED) is 0.662. The summed E-state index contributed by atoms with van der Waals surface area (Å²) in [6.07, 6.45) is 3.83. The summed E-state index contributed by atoms with van der Waals surface area (Å²) in [7, 11) is 0. The van der Waals surface area contributed by atoms with Crippen molar-refractivity contribution >= 4 is 5.78 Å². The standard InChI is InChI=1S/C25H28O4/c1-17(2)20-10-6-7-11-22(20)29-24-16-28-23-14-19(12-13-21(23)25(24)26)27-15-18-8-4-3-5-9-18/h3-11,16-17,19,21,23H,12-15H2,1-2H3. The molecule has 2 aromatic rings. The van der Waals surface area contributed by atoms with Gasteiger partial charge in [0, 0.05) is 6.42 Å². The van der Waals surface area contributed by atoms with Crippen LogP contribution in [0.1, 0.15) is 50.2 Å². The van der Waals surface area contributed by atoms with Gasteiger partial charge in [0.25, 0.3) is 0 Å². The summed E-state index contributed by atoms with van der Waals surface area (Å²) >= 11 is 0. The molecule has 2 aromatic carbocycles. The molecular formula is C25H28O4. The Bertz CT molecular complexity index is 871. The summed E-state index contributed by atoms with van der Waals surface area (Å²) in [6, 6.07) is 18.0. The number of allylic oxidation sites excluding steroid dienone is 1. The van der Waals surface area contributed by atoms with Crippen LogP contribution in [0, 0.1) is 5.92 Å². The number of benzene rings is 2. The molecule has 29 heavy (non-hydrogen) atoms. The van der Waals surface area contributed by atoms with Crippen molar-refractivity contribution in [1.29, 1.82) is 0 Å². The van der Waals surface area contributed by atoms with Crippen molar-refractivity contribution in [2.45, 2.75) is 57.8 Å². The molecule has 1 aliphatic heterocycles. The lowest BCUT2D eigenvalue weighted by Gasteiger charge is -2.37. The van der Waals surface area contributed by atoms with Gasteiger partial charge in [0.2, 0.25) is 11.5 Å². The number of rotatable bonds is 6. The molecule has 152 valence electrons. The summed E-state index contributed by atoms with van der Waals surface area (Å²) in [6.45, 7) is 4.82. The van der Waals surface area contributed by atoms with Gasteiger partial charge in [-0.2, -0.15) is 0 Å². The van der Waals surface area contributed by atoms with Crippen LogP contribution in [0.2, 0.25) is 0 Å². The van der Waals surface area contributed by atoms with Crippen molar-refractivity contribution in [2.24, 2.45) is 5.92 Å². The van der Waals surface area contributed by atoms with Crippen molar-refractivity contribution in [3.8, 4) is 5.75 Å². The molecule has 4 nitrogen and oxygen atoms in total. The third-order valence-electron chi connectivity index (χ3n) is 5.76. The second-order valence-corrected chi connectivity index (χ2v) is 8.15. The van der Waals surface area contributed by atoms with Crippen molar-refractivity contribution in [3.63, 3.8) is 0 Å². The van der Waals surface area contributed by atoms with Crippen LogP contribution in [-0.2, 0) is 20.9 Å². The second-order valence-electron chi connectivity index (χ2n) is 8.15. The maximum atomic E-state index is 13.0. The molecular weight excluding hydrogens is 364 g/mol. The van der Waals surface area contributed by atoms with E-state index in [1.807, 2.05) is 42.5 Å². The van der Waals surface area contributed by atoms with E-state index in [1.54, 1.807) is 0 Å². The predicted molar refractivity (Wildman–Crippen MR) is 111 cm³/mol. The van der Waals surface area contributed by atoms with Gasteiger partial charge in [-0.15, -0.1) is 0 Å². The minimum atomic E-state index is -0.155. The number of carbonyl (C=O) groups excluding carboxylic acids is 1. The van der Waals surface area contributed by atoms with Crippen LogP contribution >= 0.6 is 0 Å². The molecule has 1 fully saturated rings. The summed E-state index contributed by atoms with van der Waals surface area (Å²) in [5.41, 5.74) is 2.25. The molecule has 0 N–H and O–H groups in total. The highest BCUT2D eigenvalue weighted by Crippen LogP contribution is 2.36.